The van der Waals surface area contributed by atoms with Gasteiger partial charge in [-0.1, -0.05) is 19.8 Å². The van der Waals surface area contributed by atoms with Crippen molar-refractivity contribution in [1.82, 2.24) is 5.32 Å². The summed E-state index contributed by atoms with van der Waals surface area (Å²) < 4.78 is 0. The van der Waals surface area contributed by atoms with Crippen LogP contribution >= 0.6 is 0 Å². The maximum atomic E-state index is 11.9. The van der Waals surface area contributed by atoms with Crippen molar-refractivity contribution in [3.8, 4) is 0 Å². The van der Waals surface area contributed by atoms with Gasteiger partial charge in [-0.2, -0.15) is 0 Å². The summed E-state index contributed by atoms with van der Waals surface area (Å²) in [6, 6.07) is 0.179. The molecule has 90 valence electrons. The minimum Gasteiger partial charge on any atom is -0.480 e. The van der Waals surface area contributed by atoms with Crippen LogP contribution < -0.4 is 5.32 Å². The molecule has 2 atom stereocenters. The quantitative estimate of drug-likeness (QED) is 0.716. The summed E-state index contributed by atoms with van der Waals surface area (Å²) in [6.45, 7) is 2.13. The van der Waals surface area contributed by atoms with Crippen molar-refractivity contribution < 1.29 is 14.7 Å². The standard InChI is InChI=1S/C12H19NO3/c1-8-4-2-3-5-9(8)13-10(14)12(6-7-12)11(15)16/h8-9H,2-7H2,1H3,(H,13,14)(H,15,16). The highest BCUT2D eigenvalue weighted by atomic mass is 16.4. The van der Waals surface area contributed by atoms with Gasteiger partial charge >= 0.3 is 5.97 Å². The molecule has 2 aliphatic rings. The van der Waals surface area contributed by atoms with E-state index < -0.39 is 11.4 Å². The van der Waals surface area contributed by atoms with Gasteiger partial charge in [-0.3, -0.25) is 9.59 Å². The lowest BCUT2D eigenvalue weighted by Gasteiger charge is -2.30. The maximum absolute atomic E-state index is 11.9. The first-order valence-electron chi connectivity index (χ1n) is 6.10. The summed E-state index contributed by atoms with van der Waals surface area (Å²) in [7, 11) is 0. The third-order valence-electron chi connectivity index (χ3n) is 4.02. The molecule has 4 nitrogen and oxygen atoms in total. The third-order valence-corrected chi connectivity index (χ3v) is 4.02. The summed E-state index contributed by atoms with van der Waals surface area (Å²) in [5.41, 5.74) is -1.09. The minimum atomic E-state index is -1.09. The Kier molecular flexibility index (Phi) is 2.91. The molecular weight excluding hydrogens is 206 g/mol. The van der Waals surface area contributed by atoms with E-state index in [1.54, 1.807) is 0 Å². The Morgan fingerprint density at radius 2 is 1.88 bits per heavy atom. The van der Waals surface area contributed by atoms with Crippen LogP contribution in [0, 0.1) is 11.3 Å². The molecule has 0 aliphatic heterocycles. The van der Waals surface area contributed by atoms with Gasteiger partial charge in [0.2, 0.25) is 5.91 Å². The van der Waals surface area contributed by atoms with E-state index in [-0.39, 0.29) is 11.9 Å². The number of aliphatic carboxylic acids is 1. The molecule has 1 amide bonds. The van der Waals surface area contributed by atoms with Crippen LogP contribution in [0.15, 0.2) is 0 Å². The summed E-state index contributed by atoms with van der Waals surface area (Å²) in [5, 5.41) is 11.9. The molecule has 0 radical (unpaired) electrons. The smallest absolute Gasteiger partial charge is 0.319 e. The summed E-state index contributed by atoms with van der Waals surface area (Å²) >= 11 is 0. The third kappa shape index (κ3) is 1.93. The highest BCUT2D eigenvalue weighted by Gasteiger charge is 2.57. The molecule has 16 heavy (non-hydrogen) atoms. The van der Waals surface area contributed by atoms with Gasteiger partial charge < -0.3 is 10.4 Å². The van der Waals surface area contributed by atoms with Gasteiger partial charge in [-0.15, -0.1) is 0 Å². The molecule has 2 saturated carbocycles. The number of carbonyl (C=O) groups excluding carboxylic acids is 1. The Bertz CT molecular complexity index is 309. The molecule has 2 unspecified atom stereocenters. The second-order valence-electron chi connectivity index (χ2n) is 5.23. The predicted octanol–water partition coefficient (Wildman–Crippen LogP) is 1.55. The first kappa shape index (κ1) is 11.4. The molecule has 0 heterocycles. The lowest BCUT2D eigenvalue weighted by molar-refractivity contribution is -0.149. The van der Waals surface area contributed by atoms with Crippen LogP contribution in [-0.4, -0.2) is 23.0 Å². The zero-order valence-electron chi connectivity index (χ0n) is 9.66. The first-order chi connectivity index (χ1) is 7.56. The van der Waals surface area contributed by atoms with Gasteiger partial charge in [0.05, 0.1) is 0 Å². The molecule has 0 saturated heterocycles. The van der Waals surface area contributed by atoms with Gasteiger partial charge in [0.1, 0.15) is 5.41 Å². The van der Waals surface area contributed by atoms with Gasteiger partial charge in [-0.05, 0) is 31.6 Å². The lowest BCUT2D eigenvalue weighted by atomic mass is 9.85. The van der Waals surface area contributed by atoms with Gasteiger partial charge in [-0.25, -0.2) is 0 Å². The van der Waals surface area contributed by atoms with Crippen molar-refractivity contribution in [3.05, 3.63) is 0 Å². The maximum Gasteiger partial charge on any atom is 0.319 e. The van der Waals surface area contributed by atoms with E-state index in [0.717, 1.165) is 19.3 Å². The molecule has 0 aromatic heterocycles. The fourth-order valence-electron chi connectivity index (χ4n) is 2.50. The first-order valence-corrected chi connectivity index (χ1v) is 6.10. The van der Waals surface area contributed by atoms with Crippen LogP contribution in [0.2, 0.25) is 0 Å². The number of amides is 1. The monoisotopic (exact) mass is 225 g/mol. The normalized spacial score (nSPS) is 31.8. The van der Waals surface area contributed by atoms with Gasteiger partial charge in [0.25, 0.3) is 0 Å². The number of carboxylic acid groups (broad SMARTS) is 1. The highest BCUT2D eigenvalue weighted by Crippen LogP contribution is 2.46. The highest BCUT2D eigenvalue weighted by molar-refractivity contribution is 6.04. The van der Waals surface area contributed by atoms with Gasteiger partial charge in [0, 0.05) is 6.04 Å². The van der Waals surface area contributed by atoms with E-state index >= 15 is 0 Å². The van der Waals surface area contributed by atoms with E-state index in [2.05, 4.69) is 12.2 Å². The largest absolute Gasteiger partial charge is 0.480 e. The molecule has 2 N–H and O–H groups in total. The van der Waals surface area contributed by atoms with Crippen LogP contribution in [0.25, 0.3) is 0 Å². The number of nitrogens with one attached hydrogen (secondary N) is 1. The zero-order chi connectivity index (χ0) is 11.8. The average Bonchev–Trinajstić information content (AvgIpc) is 3.02. The van der Waals surface area contributed by atoms with Crippen molar-refractivity contribution in [1.29, 1.82) is 0 Å². The minimum absolute atomic E-state index is 0.179. The molecule has 2 rings (SSSR count). The van der Waals surface area contributed by atoms with Crippen LogP contribution in [0.5, 0.6) is 0 Å². The molecule has 2 fully saturated rings. The summed E-state index contributed by atoms with van der Waals surface area (Å²) in [6.07, 6.45) is 5.46. The van der Waals surface area contributed by atoms with E-state index in [1.165, 1.54) is 6.42 Å². The number of carboxylic acids is 1. The second kappa shape index (κ2) is 4.07. The van der Waals surface area contributed by atoms with Gasteiger partial charge in [0.15, 0.2) is 0 Å². The van der Waals surface area contributed by atoms with Crippen LogP contribution in [-0.2, 0) is 9.59 Å². The molecule has 0 aromatic carbocycles. The molecule has 2 aliphatic carbocycles. The Morgan fingerprint density at radius 3 is 2.38 bits per heavy atom. The van der Waals surface area contributed by atoms with Crippen molar-refractivity contribution >= 4 is 11.9 Å². The Hall–Kier alpha value is -1.06. The van der Waals surface area contributed by atoms with Crippen molar-refractivity contribution in [2.45, 2.75) is 51.5 Å². The number of hydrogen-bond donors (Lipinski definition) is 2. The SMILES string of the molecule is CC1CCCCC1NC(=O)C1(C(=O)O)CC1. The number of hydrogen-bond acceptors (Lipinski definition) is 2. The molecular formula is C12H19NO3. The molecule has 0 bridgehead atoms. The molecule has 0 aromatic rings. The topological polar surface area (TPSA) is 66.4 Å². The average molecular weight is 225 g/mol. The molecule has 0 spiro atoms. The van der Waals surface area contributed by atoms with Crippen molar-refractivity contribution in [2.24, 2.45) is 11.3 Å². The fraction of sp³-hybridized carbons (Fsp3) is 0.833. The van der Waals surface area contributed by atoms with E-state index in [4.69, 9.17) is 5.11 Å². The summed E-state index contributed by atoms with van der Waals surface area (Å²) in [4.78, 5) is 22.9. The second-order valence-corrected chi connectivity index (χ2v) is 5.23. The fourth-order valence-corrected chi connectivity index (χ4v) is 2.50. The van der Waals surface area contributed by atoms with Crippen molar-refractivity contribution in [2.75, 3.05) is 0 Å². The van der Waals surface area contributed by atoms with E-state index in [0.29, 0.717) is 18.8 Å². The number of carbonyl (C=O) groups is 2. The lowest BCUT2D eigenvalue weighted by Crippen LogP contribution is -2.46. The van der Waals surface area contributed by atoms with E-state index in [9.17, 15) is 9.59 Å². The van der Waals surface area contributed by atoms with Crippen molar-refractivity contribution in [3.63, 3.8) is 0 Å². The van der Waals surface area contributed by atoms with Crippen LogP contribution in [0.4, 0.5) is 0 Å². The van der Waals surface area contributed by atoms with Crippen LogP contribution in [0.3, 0.4) is 0 Å². The number of rotatable bonds is 3. The molecule has 4 heteroatoms. The van der Waals surface area contributed by atoms with Crippen LogP contribution in [0.1, 0.15) is 45.4 Å². The van der Waals surface area contributed by atoms with E-state index in [1.807, 2.05) is 0 Å². The Balaban J connectivity index is 1.94. The Labute approximate surface area is 95.4 Å². The zero-order valence-corrected chi connectivity index (χ0v) is 9.66. The summed E-state index contributed by atoms with van der Waals surface area (Å²) in [5.74, 6) is -0.755. The predicted molar refractivity (Wildman–Crippen MR) is 58.9 cm³/mol. The Morgan fingerprint density at radius 1 is 1.25 bits per heavy atom.